The first-order chi connectivity index (χ1) is 29.9. The van der Waals surface area contributed by atoms with Gasteiger partial charge in [-0.3, -0.25) is 14.4 Å². The van der Waals surface area contributed by atoms with E-state index in [-0.39, 0.29) is 29.8 Å². The van der Waals surface area contributed by atoms with Crippen LogP contribution in [-0.4, -0.2) is 84.9 Å². The van der Waals surface area contributed by atoms with E-state index in [4.69, 9.17) is 34.2 Å². The minimum absolute atomic E-state index is 0.00499. The van der Waals surface area contributed by atoms with Crippen molar-refractivity contribution in [3.63, 3.8) is 0 Å². The molecule has 14 nitrogen and oxygen atoms in total. The summed E-state index contributed by atoms with van der Waals surface area (Å²) >= 11 is 0. The number of carbonyl (C=O) groups is 3. The number of nitrogens with one attached hydrogen (secondary N) is 3. The summed E-state index contributed by atoms with van der Waals surface area (Å²) in [4.78, 5) is 38.9. The van der Waals surface area contributed by atoms with Crippen LogP contribution in [0.25, 0.3) is 22.3 Å². The number of nitrogens with two attached hydrogens (primary N) is 1. The van der Waals surface area contributed by atoms with Gasteiger partial charge in [-0.2, -0.15) is 0 Å². The van der Waals surface area contributed by atoms with Gasteiger partial charge >= 0.3 is 0 Å². The first kappa shape index (κ1) is 45.4. The van der Waals surface area contributed by atoms with E-state index in [2.05, 4.69) is 20.9 Å². The number of carbonyl (C=O) groups excluding carboxylic acids is 3. The Morgan fingerprint density at radius 3 is 1.58 bits per heavy atom. The van der Waals surface area contributed by atoms with Crippen molar-refractivity contribution in [2.24, 2.45) is 0 Å². The molecule has 1 saturated heterocycles. The van der Waals surface area contributed by atoms with Crippen LogP contribution in [-0.2, 0) is 27.2 Å². The van der Waals surface area contributed by atoms with Gasteiger partial charge in [0.25, 0.3) is 0 Å². The van der Waals surface area contributed by atoms with E-state index in [0.29, 0.717) is 59.4 Å². The predicted octanol–water partition coefficient (Wildman–Crippen LogP) is 7.40. The number of ether oxygens (including phenoxy) is 6. The Morgan fingerprint density at radius 2 is 1.11 bits per heavy atom. The highest BCUT2D eigenvalue weighted by Gasteiger charge is 2.31. The first-order valence-electron chi connectivity index (χ1n) is 21.2. The van der Waals surface area contributed by atoms with E-state index < -0.39 is 0 Å². The van der Waals surface area contributed by atoms with Gasteiger partial charge in [-0.25, -0.2) is 0 Å². The number of aryl methyl sites for hydroxylation is 2. The van der Waals surface area contributed by atoms with E-state index >= 15 is 0 Å². The zero-order valence-electron chi connectivity index (χ0n) is 37.3. The molecule has 4 aromatic carbocycles. The highest BCUT2D eigenvalue weighted by Crippen LogP contribution is 2.52. The fourth-order valence-corrected chi connectivity index (χ4v) is 9.02. The minimum atomic E-state index is -0.211. The number of piperidine rings is 1. The van der Waals surface area contributed by atoms with E-state index in [1.54, 1.807) is 42.7 Å². The Bertz CT molecular complexity index is 2270. The molecule has 0 saturated carbocycles. The Hall–Kier alpha value is -6.15. The Balaban J connectivity index is 0.000000218. The van der Waals surface area contributed by atoms with Gasteiger partial charge in [0.2, 0.25) is 29.2 Å². The van der Waals surface area contributed by atoms with Gasteiger partial charge in [0.15, 0.2) is 23.0 Å². The summed E-state index contributed by atoms with van der Waals surface area (Å²) in [6.45, 7) is 5.96. The average molecular weight is 852 g/mol. The SMILES string of the molecule is COc1cc2c(c(OC)c1OC)-c1ccc(N)cc1[C@@H](NC(C)=O)CC2.COc1cc2c(c(OC)c1OC)-c1ccc(NC(=O)CCN3CCCCC3)cc1[C@@H](NC(C)=O)CC2. The summed E-state index contributed by atoms with van der Waals surface area (Å²) in [6, 6.07) is 15.2. The van der Waals surface area contributed by atoms with Crippen LogP contribution in [0.4, 0.5) is 11.4 Å². The van der Waals surface area contributed by atoms with Crippen molar-refractivity contribution in [3.8, 4) is 56.8 Å². The summed E-state index contributed by atoms with van der Waals surface area (Å²) in [5, 5.41) is 9.20. The van der Waals surface area contributed by atoms with Gasteiger partial charge in [0.05, 0.1) is 54.7 Å². The number of hydrogen-bond acceptors (Lipinski definition) is 11. The molecule has 2 atom stereocenters. The largest absolute Gasteiger partial charge is 0.493 e. The second-order valence-electron chi connectivity index (χ2n) is 15.8. The average Bonchev–Trinajstić information content (AvgIpc) is 3.51. The third kappa shape index (κ3) is 9.97. The number of fused-ring (bicyclic) bond motifs is 6. The van der Waals surface area contributed by atoms with Crippen LogP contribution in [0.1, 0.15) is 86.7 Å². The van der Waals surface area contributed by atoms with Crippen molar-refractivity contribution in [2.75, 3.05) is 73.3 Å². The van der Waals surface area contributed by atoms with Crippen LogP contribution in [0.3, 0.4) is 0 Å². The summed E-state index contributed by atoms with van der Waals surface area (Å²) in [5.41, 5.74) is 15.2. The second kappa shape index (κ2) is 20.6. The maximum Gasteiger partial charge on any atom is 0.225 e. The highest BCUT2D eigenvalue weighted by atomic mass is 16.5. The van der Waals surface area contributed by atoms with Crippen molar-refractivity contribution < 1.29 is 42.8 Å². The summed E-state index contributed by atoms with van der Waals surface area (Å²) in [6.07, 6.45) is 7.07. The molecule has 0 unspecified atom stereocenters. The lowest BCUT2D eigenvalue weighted by Gasteiger charge is -2.26. The highest BCUT2D eigenvalue weighted by molar-refractivity contribution is 5.92. The predicted molar refractivity (Wildman–Crippen MR) is 241 cm³/mol. The number of amides is 3. The number of rotatable bonds is 12. The summed E-state index contributed by atoms with van der Waals surface area (Å²) < 4.78 is 33.8. The van der Waals surface area contributed by atoms with Crippen molar-refractivity contribution in [2.45, 2.75) is 77.3 Å². The Kier molecular flexibility index (Phi) is 15.1. The molecule has 0 spiro atoms. The number of anilines is 2. The van der Waals surface area contributed by atoms with Gasteiger partial charge in [0, 0.05) is 49.3 Å². The maximum atomic E-state index is 12.7. The smallest absolute Gasteiger partial charge is 0.225 e. The van der Waals surface area contributed by atoms with Crippen LogP contribution in [0.5, 0.6) is 34.5 Å². The molecule has 1 fully saturated rings. The van der Waals surface area contributed by atoms with Gasteiger partial charge in [-0.1, -0.05) is 18.6 Å². The van der Waals surface area contributed by atoms with Crippen LogP contribution >= 0.6 is 0 Å². The molecule has 332 valence electrons. The van der Waals surface area contributed by atoms with Crippen molar-refractivity contribution in [1.82, 2.24) is 15.5 Å². The van der Waals surface area contributed by atoms with Crippen LogP contribution in [0.2, 0.25) is 0 Å². The minimum Gasteiger partial charge on any atom is -0.493 e. The van der Waals surface area contributed by atoms with E-state index in [1.165, 1.54) is 33.1 Å². The number of benzene rings is 4. The number of nitrogen functional groups attached to an aromatic ring is 1. The topological polar surface area (TPSA) is 172 Å². The molecule has 0 radical (unpaired) electrons. The lowest BCUT2D eigenvalue weighted by atomic mass is 9.93. The van der Waals surface area contributed by atoms with Gasteiger partial charge < -0.3 is 55.0 Å². The zero-order chi connectivity index (χ0) is 44.5. The zero-order valence-corrected chi connectivity index (χ0v) is 37.3. The molecule has 4 aromatic rings. The third-order valence-corrected chi connectivity index (χ3v) is 11.8. The third-order valence-electron chi connectivity index (χ3n) is 11.8. The fraction of sp³-hybridized carbons (Fsp3) is 0.438. The van der Waals surface area contributed by atoms with Gasteiger partial charge in [-0.05, 0) is 121 Å². The Morgan fingerprint density at radius 1 is 0.629 bits per heavy atom. The molecule has 2 aliphatic carbocycles. The van der Waals surface area contributed by atoms with Gasteiger partial charge in [-0.15, -0.1) is 0 Å². The van der Waals surface area contributed by atoms with Crippen molar-refractivity contribution >= 4 is 29.1 Å². The number of hydrogen-bond donors (Lipinski definition) is 4. The number of nitrogens with zero attached hydrogens (tertiary/aromatic N) is 1. The van der Waals surface area contributed by atoms with Crippen molar-refractivity contribution in [3.05, 3.63) is 70.8 Å². The molecule has 3 aliphatic rings. The number of methoxy groups -OCH3 is 6. The molecular formula is C48H61N5O9. The van der Waals surface area contributed by atoms with E-state index in [9.17, 15) is 14.4 Å². The molecule has 1 aliphatic heterocycles. The standard InChI is InChI=1S/C28H37N3O5.C20H24N2O4/c1-18(32)29-23-11-8-19-16-24(34-2)27(35-3)28(36-4)26(19)21-10-9-20(17-22(21)23)30-25(33)12-15-31-13-6-5-7-14-31;1-11(23)22-16-8-5-12-9-17(24-2)19(25-3)20(26-4)18(12)14-7-6-13(21)10-15(14)16/h9-10,16-17,23H,5-8,11-15H2,1-4H3,(H,29,32)(H,30,33);6-7,9-10,16H,5,8,21H2,1-4H3,(H,22,23)/t23-;16-/m00/s1. The quantitative estimate of drug-likeness (QED) is 0.105. The van der Waals surface area contributed by atoms with Crippen molar-refractivity contribution in [1.29, 1.82) is 0 Å². The van der Waals surface area contributed by atoms with Crippen LogP contribution in [0, 0.1) is 0 Å². The van der Waals surface area contributed by atoms with E-state index in [1.807, 2.05) is 48.5 Å². The molecule has 7 rings (SSSR count). The van der Waals surface area contributed by atoms with E-state index in [0.717, 1.165) is 82.7 Å². The molecule has 5 N–H and O–H groups in total. The molecular weight excluding hydrogens is 791 g/mol. The lowest BCUT2D eigenvalue weighted by Crippen LogP contribution is -2.32. The van der Waals surface area contributed by atoms with Crippen LogP contribution < -0.4 is 50.1 Å². The van der Waals surface area contributed by atoms with Crippen LogP contribution in [0.15, 0.2) is 48.5 Å². The second-order valence-corrected chi connectivity index (χ2v) is 15.8. The molecule has 0 aromatic heterocycles. The molecule has 1 heterocycles. The molecule has 3 amide bonds. The first-order valence-corrected chi connectivity index (χ1v) is 21.2. The monoisotopic (exact) mass is 851 g/mol. The maximum absolute atomic E-state index is 12.7. The Labute approximate surface area is 364 Å². The lowest BCUT2D eigenvalue weighted by molar-refractivity contribution is -0.120. The fourth-order valence-electron chi connectivity index (χ4n) is 9.02. The number of likely N-dealkylation sites (tertiary alicyclic amines) is 1. The molecule has 0 bridgehead atoms. The summed E-state index contributed by atoms with van der Waals surface area (Å²) in [5.74, 6) is 3.34. The normalized spacial score (nSPS) is 16.5. The van der Waals surface area contributed by atoms with Gasteiger partial charge in [0.1, 0.15) is 0 Å². The summed E-state index contributed by atoms with van der Waals surface area (Å²) in [7, 11) is 9.62. The molecule has 14 heteroatoms. The molecule has 62 heavy (non-hydrogen) atoms.